The molecule has 176 valence electrons. The molecule has 2 saturated carbocycles. The van der Waals surface area contributed by atoms with E-state index in [4.69, 9.17) is 4.74 Å². The van der Waals surface area contributed by atoms with E-state index >= 15 is 0 Å². The van der Waals surface area contributed by atoms with Crippen molar-refractivity contribution >= 4 is 0 Å². The van der Waals surface area contributed by atoms with E-state index in [2.05, 4.69) is 26.0 Å². The monoisotopic (exact) mass is 438 g/mol. The molecule has 0 radical (unpaired) electrons. The van der Waals surface area contributed by atoms with Gasteiger partial charge >= 0.3 is 6.18 Å². The van der Waals surface area contributed by atoms with Gasteiger partial charge < -0.3 is 4.74 Å². The molecule has 0 aromatic rings. The van der Waals surface area contributed by atoms with Crippen LogP contribution in [-0.2, 0) is 4.74 Å². The molecule has 31 heavy (non-hydrogen) atoms. The quantitative estimate of drug-likeness (QED) is 0.420. The third kappa shape index (κ3) is 5.60. The van der Waals surface area contributed by atoms with E-state index in [0.29, 0.717) is 12.3 Å². The van der Waals surface area contributed by atoms with Crippen molar-refractivity contribution in [2.45, 2.75) is 109 Å². The van der Waals surface area contributed by atoms with Crippen molar-refractivity contribution in [2.24, 2.45) is 35.5 Å². The van der Waals surface area contributed by atoms with E-state index in [1.807, 2.05) is 6.08 Å². The zero-order chi connectivity index (χ0) is 22.0. The van der Waals surface area contributed by atoms with Gasteiger partial charge in [-0.05, 0) is 99.4 Å². The molecule has 4 rings (SSSR count). The molecule has 0 N–H and O–H groups in total. The lowest BCUT2D eigenvalue weighted by Crippen LogP contribution is -2.42. The van der Waals surface area contributed by atoms with Crippen molar-refractivity contribution in [2.75, 3.05) is 0 Å². The van der Waals surface area contributed by atoms with Crippen LogP contribution in [0.3, 0.4) is 0 Å². The Hall–Kier alpha value is -0.770. The smallest absolute Gasteiger partial charge is 0.361 e. The minimum Gasteiger partial charge on any atom is -0.361 e. The van der Waals surface area contributed by atoms with Gasteiger partial charge in [0.15, 0.2) is 6.10 Å². The highest BCUT2D eigenvalue weighted by Crippen LogP contribution is 2.46. The first-order valence-electron chi connectivity index (χ1n) is 13.0. The first kappa shape index (κ1) is 23.4. The first-order chi connectivity index (χ1) is 14.8. The maximum absolute atomic E-state index is 13.0. The third-order valence-corrected chi connectivity index (χ3v) is 9.03. The number of rotatable bonds is 5. The predicted octanol–water partition coefficient (Wildman–Crippen LogP) is 8.26. The number of hydrogen-bond donors (Lipinski definition) is 0. The van der Waals surface area contributed by atoms with E-state index in [-0.39, 0.29) is 12.3 Å². The van der Waals surface area contributed by atoms with Crippen LogP contribution < -0.4 is 0 Å². The zero-order valence-electron chi connectivity index (χ0n) is 19.4. The summed E-state index contributed by atoms with van der Waals surface area (Å²) >= 11 is 0. The Morgan fingerprint density at radius 3 is 2.19 bits per heavy atom. The van der Waals surface area contributed by atoms with E-state index < -0.39 is 18.4 Å². The van der Waals surface area contributed by atoms with Gasteiger partial charge in [0, 0.05) is 5.92 Å². The van der Waals surface area contributed by atoms with Crippen LogP contribution in [-0.4, -0.2) is 18.4 Å². The van der Waals surface area contributed by atoms with E-state index in [1.165, 1.54) is 69.8 Å². The largest absolute Gasteiger partial charge is 0.414 e. The average Bonchev–Trinajstić information content (AvgIpc) is 2.78. The van der Waals surface area contributed by atoms with Crippen LogP contribution in [0.15, 0.2) is 23.8 Å². The number of fused-ring (bicyclic) bond motifs is 1. The summed E-state index contributed by atoms with van der Waals surface area (Å²) < 4.78 is 44.3. The fourth-order valence-corrected chi connectivity index (χ4v) is 7.06. The predicted molar refractivity (Wildman–Crippen MR) is 120 cm³/mol. The summed E-state index contributed by atoms with van der Waals surface area (Å²) in [7, 11) is 0. The Morgan fingerprint density at radius 1 is 0.935 bits per heavy atom. The average molecular weight is 439 g/mol. The molecule has 0 spiro atoms. The summed E-state index contributed by atoms with van der Waals surface area (Å²) in [6.45, 7) is 4.76. The van der Waals surface area contributed by atoms with Gasteiger partial charge in [0.1, 0.15) is 0 Å². The molecular formula is C27H41F3O. The molecule has 4 atom stereocenters. The molecule has 3 aliphatic carbocycles. The SMILES string of the molecule is CCCC(C)C1CCC(C2CCC(C3=CC4CC[C@H](C(F)(F)F)OC4C=C3)CC2)CC1. The first-order valence-corrected chi connectivity index (χ1v) is 13.0. The lowest BCUT2D eigenvalue weighted by atomic mass is 9.66. The number of ether oxygens (including phenoxy) is 1. The maximum Gasteiger partial charge on any atom is 0.414 e. The molecule has 0 aromatic carbocycles. The second-order valence-electron chi connectivity index (χ2n) is 11.0. The van der Waals surface area contributed by atoms with E-state index in [9.17, 15) is 13.2 Å². The number of alkyl halides is 3. The summed E-state index contributed by atoms with van der Waals surface area (Å²) in [4.78, 5) is 0. The molecule has 3 unspecified atom stereocenters. The summed E-state index contributed by atoms with van der Waals surface area (Å²) in [5.74, 6) is 4.38. The van der Waals surface area contributed by atoms with Gasteiger partial charge in [-0.3, -0.25) is 0 Å². The van der Waals surface area contributed by atoms with Crippen LogP contribution >= 0.6 is 0 Å². The van der Waals surface area contributed by atoms with E-state index in [1.54, 1.807) is 0 Å². The second-order valence-corrected chi connectivity index (χ2v) is 11.0. The Kier molecular flexibility index (Phi) is 7.56. The normalized spacial score (nSPS) is 40.2. The number of allylic oxidation sites excluding steroid dienone is 2. The maximum atomic E-state index is 13.0. The second kappa shape index (κ2) is 10.0. The van der Waals surface area contributed by atoms with Crippen molar-refractivity contribution in [3.8, 4) is 0 Å². The lowest BCUT2D eigenvalue weighted by Gasteiger charge is -2.41. The summed E-state index contributed by atoms with van der Waals surface area (Å²) in [5.41, 5.74) is 1.37. The van der Waals surface area contributed by atoms with Crippen LogP contribution in [0, 0.1) is 35.5 Å². The molecule has 4 heteroatoms. The molecule has 4 aliphatic rings. The number of hydrogen-bond acceptors (Lipinski definition) is 1. The summed E-state index contributed by atoms with van der Waals surface area (Å²) in [5, 5.41) is 0. The minimum atomic E-state index is -4.24. The van der Waals surface area contributed by atoms with Crippen LogP contribution in [0.5, 0.6) is 0 Å². The van der Waals surface area contributed by atoms with E-state index in [0.717, 1.165) is 23.7 Å². The Labute approximate surface area is 186 Å². The highest BCUT2D eigenvalue weighted by Gasteiger charge is 2.46. The number of halogens is 3. The topological polar surface area (TPSA) is 9.23 Å². The highest BCUT2D eigenvalue weighted by atomic mass is 19.4. The van der Waals surface area contributed by atoms with Crippen LogP contribution in [0.2, 0.25) is 0 Å². The lowest BCUT2D eigenvalue weighted by molar-refractivity contribution is -0.244. The molecule has 1 heterocycles. The van der Waals surface area contributed by atoms with Gasteiger partial charge in [0.25, 0.3) is 0 Å². The van der Waals surface area contributed by atoms with Gasteiger partial charge in [0.2, 0.25) is 0 Å². The Morgan fingerprint density at radius 2 is 1.58 bits per heavy atom. The standard InChI is InChI=1S/C27H41F3O/c1-3-4-18(2)19-5-7-20(8-6-19)21-9-11-22(12-10-21)23-13-15-25-24(17-23)14-16-26(31-25)27(28,29)30/h13,15,17-22,24-26H,3-12,14,16H2,1-2H3/t18?,19?,20?,21?,22?,24?,25?,26-/m1/s1. The molecule has 3 fully saturated rings. The van der Waals surface area contributed by atoms with Gasteiger partial charge in [-0.1, -0.05) is 44.9 Å². The molecule has 0 bridgehead atoms. The van der Waals surface area contributed by atoms with Crippen molar-refractivity contribution in [3.63, 3.8) is 0 Å². The molecule has 0 amide bonds. The summed E-state index contributed by atoms with van der Waals surface area (Å²) in [6.07, 6.45) is 14.2. The molecule has 1 aliphatic heterocycles. The van der Waals surface area contributed by atoms with Crippen LogP contribution in [0.25, 0.3) is 0 Å². The van der Waals surface area contributed by atoms with Gasteiger partial charge in [-0.2, -0.15) is 13.2 Å². The van der Waals surface area contributed by atoms with Gasteiger partial charge in [-0.25, -0.2) is 0 Å². The van der Waals surface area contributed by atoms with Gasteiger partial charge in [0.05, 0.1) is 6.10 Å². The Balaban J connectivity index is 1.24. The van der Waals surface area contributed by atoms with Crippen molar-refractivity contribution < 1.29 is 17.9 Å². The zero-order valence-corrected chi connectivity index (χ0v) is 19.4. The fourth-order valence-electron chi connectivity index (χ4n) is 7.06. The Bertz CT molecular complexity index is 635. The highest BCUT2D eigenvalue weighted by molar-refractivity contribution is 5.29. The third-order valence-electron chi connectivity index (χ3n) is 9.03. The summed E-state index contributed by atoms with van der Waals surface area (Å²) in [6, 6.07) is 0. The molecule has 0 aromatic heterocycles. The fraction of sp³-hybridized carbons (Fsp3) is 0.852. The molecular weight excluding hydrogens is 397 g/mol. The van der Waals surface area contributed by atoms with Crippen LogP contribution in [0.1, 0.15) is 90.9 Å². The minimum absolute atomic E-state index is 0.0918. The van der Waals surface area contributed by atoms with Crippen LogP contribution in [0.4, 0.5) is 13.2 Å². The molecule has 1 saturated heterocycles. The molecule has 1 nitrogen and oxygen atoms in total. The van der Waals surface area contributed by atoms with Crippen molar-refractivity contribution in [3.05, 3.63) is 23.8 Å². The van der Waals surface area contributed by atoms with Crippen molar-refractivity contribution in [1.29, 1.82) is 0 Å². The van der Waals surface area contributed by atoms with Crippen molar-refractivity contribution in [1.82, 2.24) is 0 Å². The van der Waals surface area contributed by atoms with Gasteiger partial charge in [-0.15, -0.1) is 0 Å².